The van der Waals surface area contributed by atoms with Crippen LogP contribution < -0.4 is 10.6 Å². The molecule has 31 heavy (non-hydrogen) atoms. The van der Waals surface area contributed by atoms with Crippen LogP contribution in [0.2, 0.25) is 0 Å². The minimum Gasteiger partial charge on any atom is -0.466 e. The lowest BCUT2D eigenvalue weighted by Gasteiger charge is -2.32. The van der Waals surface area contributed by atoms with Crippen LogP contribution in [0.25, 0.3) is 0 Å². The van der Waals surface area contributed by atoms with Crippen LogP contribution >= 0.6 is 11.8 Å². The summed E-state index contributed by atoms with van der Waals surface area (Å²) >= 11 is 0.872. The summed E-state index contributed by atoms with van der Waals surface area (Å²) < 4.78 is 14.7. The molecule has 1 fully saturated rings. The molecule has 0 spiro atoms. The highest BCUT2D eigenvalue weighted by atomic mass is 32.2. The highest BCUT2D eigenvalue weighted by molar-refractivity contribution is 8.13. The Kier molecular flexibility index (Phi) is 10.7. The Morgan fingerprint density at radius 2 is 1.81 bits per heavy atom. The van der Waals surface area contributed by atoms with Gasteiger partial charge in [-0.2, -0.15) is 0 Å². The molecular formula is C19H26N2O9S. The summed E-state index contributed by atoms with van der Waals surface area (Å²) in [6.07, 6.45) is -0.228. The molecular weight excluding hydrogens is 432 g/mol. The Balaban J connectivity index is 2.90. The molecule has 1 aliphatic heterocycles. The number of carbonyl (C=O) groups excluding carboxylic acids is 6. The van der Waals surface area contributed by atoms with Crippen LogP contribution in [0.1, 0.15) is 26.7 Å². The molecule has 11 nitrogen and oxygen atoms in total. The van der Waals surface area contributed by atoms with Crippen LogP contribution in [0.15, 0.2) is 12.2 Å². The van der Waals surface area contributed by atoms with Gasteiger partial charge in [-0.3, -0.25) is 19.2 Å². The standard InChI is InChI=1S/C19H26N2O9S/c1-19(2,11-29-14(24)5-4-13(23)28-3)17-18(27)21-7-6-12(22)20-8-9-31-16(26)10-15(25)30-17/h4-5,17H,6-11H2,1-3H3,(H,20,22)(H,21,27)/b5-4+/t17-/m0/s1. The van der Waals surface area contributed by atoms with Crippen LogP contribution in [0.3, 0.4) is 0 Å². The van der Waals surface area contributed by atoms with E-state index >= 15 is 0 Å². The summed E-state index contributed by atoms with van der Waals surface area (Å²) in [4.78, 5) is 71.3. The van der Waals surface area contributed by atoms with Gasteiger partial charge >= 0.3 is 17.9 Å². The first-order valence-electron chi connectivity index (χ1n) is 9.37. The van der Waals surface area contributed by atoms with Gasteiger partial charge in [0.05, 0.1) is 7.11 Å². The average molecular weight is 458 g/mol. The molecule has 1 atom stereocenters. The third kappa shape index (κ3) is 10.1. The van der Waals surface area contributed by atoms with Crippen molar-refractivity contribution < 1.29 is 43.0 Å². The van der Waals surface area contributed by atoms with Crippen molar-refractivity contribution in [2.24, 2.45) is 5.41 Å². The van der Waals surface area contributed by atoms with Crippen molar-refractivity contribution in [1.82, 2.24) is 10.6 Å². The molecule has 1 aliphatic rings. The maximum Gasteiger partial charge on any atom is 0.331 e. The molecule has 0 aromatic carbocycles. The molecule has 0 bridgehead atoms. The number of hydrogen-bond acceptors (Lipinski definition) is 10. The first kappa shape index (κ1) is 26.1. The summed E-state index contributed by atoms with van der Waals surface area (Å²) in [5.74, 6) is -3.22. The van der Waals surface area contributed by atoms with Gasteiger partial charge in [0.15, 0.2) is 11.2 Å². The molecule has 0 aromatic heterocycles. The van der Waals surface area contributed by atoms with Crippen LogP contribution in [-0.2, 0) is 43.0 Å². The highest BCUT2D eigenvalue weighted by Crippen LogP contribution is 2.25. The van der Waals surface area contributed by atoms with Gasteiger partial charge < -0.3 is 24.8 Å². The van der Waals surface area contributed by atoms with Gasteiger partial charge in [0.25, 0.3) is 5.91 Å². The maximum atomic E-state index is 12.6. The summed E-state index contributed by atoms with van der Waals surface area (Å²) in [5.41, 5.74) is -1.19. The van der Waals surface area contributed by atoms with Crippen molar-refractivity contribution in [2.75, 3.05) is 32.6 Å². The Hall–Kier alpha value is -2.89. The van der Waals surface area contributed by atoms with Gasteiger partial charge in [0, 0.05) is 42.8 Å². The lowest BCUT2D eigenvalue weighted by Crippen LogP contribution is -2.49. The molecule has 12 heteroatoms. The molecule has 0 radical (unpaired) electrons. The topological polar surface area (TPSA) is 154 Å². The van der Waals surface area contributed by atoms with E-state index in [1.807, 2.05) is 0 Å². The molecule has 2 N–H and O–H groups in total. The second-order valence-corrected chi connectivity index (χ2v) is 8.26. The first-order chi connectivity index (χ1) is 14.5. The molecule has 2 amide bonds. The number of carbonyl (C=O) groups is 6. The molecule has 0 aliphatic carbocycles. The lowest BCUT2D eigenvalue weighted by molar-refractivity contribution is -0.168. The van der Waals surface area contributed by atoms with Crippen molar-refractivity contribution in [3.63, 3.8) is 0 Å². The predicted octanol–water partition coefficient (Wildman–Crippen LogP) is -0.517. The van der Waals surface area contributed by atoms with Gasteiger partial charge in [-0.25, -0.2) is 9.59 Å². The van der Waals surface area contributed by atoms with Gasteiger partial charge in [0.1, 0.15) is 13.0 Å². The number of methoxy groups -OCH3 is 1. The van der Waals surface area contributed by atoms with E-state index in [0.717, 1.165) is 31.0 Å². The predicted molar refractivity (Wildman–Crippen MR) is 108 cm³/mol. The fourth-order valence-electron chi connectivity index (χ4n) is 2.33. The lowest BCUT2D eigenvalue weighted by atomic mass is 9.86. The van der Waals surface area contributed by atoms with E-state index in [-0.39, 0.29) is 32.0 Å². The van der Waals surface area contributed by atoms with E-state index in [2.05, 4.69) is 15.4 Å². The summed E-state index contributed by atoms with van der Waals surface area (Å²) in [6, 6.07) is 0. The van der Waals surface area contributed by atoms with Crippen molar-refractivity contribution in [1.29, 1.82) is 0 Å². The highest BCUT2D eigenvalue weighted by Gasteiger charge is 2.40. The van der Waals surface area contributed by atoms with Gasteiger partial charge in [-0.05, 0) is 0 Å². The fraction of sp³-hybridized carbons (Fsp3) is 0.579. The number of cyclic esters (lactones) is 1. The zero-order valence-electron chi connectivity index (χ0n) is 17.6. The maximum absolute atomic E-state index is 12.6. The third-order valence-corrected chi connectivity index (χ3v) is 4.84. The molecule has 1 rings (SSSR count). The number of ether oxygens (including phenoxy) is 3. The molecule has 0 saturated carbocycles. The van der Waals surface area contributed by atoms with E-state index in [1.54, 1.807) is 0 Å². The Morgan fingerprint density at radius 1 is 1.13 bits per heavy atom. The number of nitrogens with one attached hydrogen (secondary N) is 2. The van der Waals surface area contributed by atoms with Gasteiger partial charge in [0.2, 0.25) is 5.91 Å². The minimum atomic E-state index is -1.40. The SMILES string of the molecule is COC(=O)/C=C/C(=O)OCC(C)(C)[C@H]1OC(=O)CC(=O)SCCNC(=O)CCNC1=O. The summed E-state index contributed by atoms with van der Waals surface area (Å²) in [7, 11) is 1.15. The monoisotopic (exact) mass is 458 g/mol. The van der Waals surface area contributed by atoms with Crippen molar-refractivity contribution >= 4 is 46.6 Å². The molecule has 1 saturated heterocycles. The zero-order chi connectivity index (χ0) is 23.4. The van der Waals surface area contributed by atoms with Gasteiger partial charge in [-0.15, -0.1) is 0 Å². The Bertz CT molecular complexity index is 749. The van der Waals surface area contributed by atoms with Crippen molar-refractivity contribution in [3.05, 3.63) is 12.2 Å². The van der Waals surface area contributed by atoms with Crippen LogP contribution in [0.4, 0.5) is 0 Å². The van der Waals surface area contributed by atoms with E-state index < -0.39 is 46.9 Å². The average Bonchev–Trinajstić information content (AvgIpc) is 2.71. The smallest absolute Gasteiger partial charge is 0.331 e. The summed E-state index contributed by atoms with van der Waals surface area (Å²) in [6.45, 7) is 2.96. The molecule has 172 valence electrons. The van der Waals surface area contributed by atoms with E-state index in [0.29, 0.717) is 5.75 Å². The number of esters is 3. The third-order valence-electron chi connectivity index (χ3n) is 3.97. The fourth-order valence-corrected chi connectivity index (χ4v) is 2.98. The largest absolute Gasteiger partial charge is 0.466 e. The minimum absolute atomic E-state index is 0.00123. The van der Waals surface area contributed by atoms with Crippen LogP contribution in [-0.4, -0.2) is 73.5 Å². The Labute approximate surface area is 183 Å². The zero-order valence-corrected chi connectivity index (χ0v) is 18.4. The second-order valence-electron chi connectivity index (χ2n) is 7.11. The van der Waals surface area contributed by atoms with Crippen molar-refractivity contribution in [3.8, 4) is 0 Å². The second kappa shape index (κ2) is 12.7. The molecule has 0 unspecified atom stereocenters. The Morgan fingerprint density at radius 3 is 2.48 bits per heavy atom. The van der Waals surface area contributed by atoms with E-state index in [4.69, 9.17) is 9.47 Å². The quantitative estimate of drug-likeness (QED) is 0.238. The van der Waals surface area contributed by atoms with E-state index in [9.17, 15) is 28.8 Å². The number of amides is 2. The first-order valence-corrected chi connectivity index (χ1v) is 10.4. The normalized spacial score (nSPS) is 19.6. The van der Waals surface area contributed by atoms with Crippen LogP contribution in [0.5, 0.6) is 0 Å². The van der Waals surface area contributed by atoms with Crippen LogP contribution in [0, 0.1) is 5.41 Å². The summed E-state index contributed by atoms with van der Waals surface area (Å²) in [5, 5.41) is 4.65. The molecule has 0 aromatic rings. The molecule has 1 heterocycles. The number of rotatable bonds is 5. The number of hydrogen-bond donors (Lipinski definition) is 2. The number of thioether (sulfide) groups is 1. The van der Waals surface area contributed by atoms with E-state index in [1.165, 1.54) is 13.8 Å². The van der Waals surface area contributed by atoms with Gasteiger partial charge in [-0.1, -0.05) is 25.6 Å². The van der Waals surface area contributed by atoms with Crippen molar-refractivity contribution in [2.45, 2.75) is 32.8 Å².